The van der Waals surface area contributed by atoms with Crippen LogP contribution in [0.25, 0.3) is 0 Å². The second-order valence-electron chi connectivity index (χ2n) is 7.44. The maximum atomic E-state index is 12.5. The fraction of sp³-hybridized carbons (Fsp3) is 0.409. The Kier molecular flexibility index (Phi) is 5.67. The lowest BCUT2D eigenvalue weighted by molar-refractivity contribution is 0.0877. The third-order valence-corrected chi connectivity index (χ3v) is 5.20. The molecule has 1 fully saturated rings. The molecule has 0 spiro atoms. The van der Waals surface area contributed by atoms with Crippen LogP contribution in [0.4, 0.5) is 4.79 Å². The molecule has 2 aliphatic heterocycles. The van der Waals surface area contributed by atoms with Gasteiger partial charge in [-0.2, -0.15) is 0 Å². The van der Waals surface area contributed by atoms with Gasteiger partial charge in [0.05, 0.1) is 6.54 Å². The minimum atomic E-state index is -0.165. The van der Waals surface area contributed by atoms with Crippen LogP contribution in [0, 0.1) is 6.92 Å². The SMILES string of the molecule is Cc1cccc(CN2CCN(C(=O)NCC3COc4ccccc4O3)CC2)c1. The van der Waals surface area contributed by atoms with Gasteiger partial charge in [0.2, 0.25) is 0 Å². The van der Waals surface area contributed by atoms with Crippen molar-refractivity contribution in [3.63, 3.8) is 0 Å². The Bertz CT molecular complexity index is 818. The highest BCUT2D eigenvalue weighted by Crippen LogP contribution is 2.30. The van der Waals surface area contributed by atoms with Gasteiger partial charge >= 0.3 is 6.03 Å². The number of nitrogens with zero attached hydrogens (tertiary/aromatic N) is 2. The molecule has 2 heterocycles. The number of fused-ring (bicyclic) bond motifs is 1. The smallest absolute Gasteiger partial charge is 0.317 e. The van der Waals surface area contributed by atoms with Gasteiger partial charge < -0.3 is 19.7 Å². The molecule has 2 aromatic carbocycles. The first-order valence-corrected chi connectivity index (χ1v) is 9.86. The van der Waals surface area contributed by atoms with E-state index in [-0.39, 0.29) is 12.1 Å². The number of urea groups is 1. The van der Waals surface area contributed by atoms with Gasteiger partial charge in [-0.1, -0.05) is 42.0 Å². The summed E-state index contributed by atoms with van der Waals surface area (Å²) in [5.41, 5.74) is 2.61. The Morgan fingerprint density at radius 2 is 1.86 bits per heavy atom. The van der Waals surface area contributed by atoms with E-state index in [0.29, 0.717) is 13.2 Å². The molecule has 0 bridgehead atoms. The highest BCUT2D eigenvalue weighted by molar-refractivity contribution is 5.74. The van der Waals surface area contributed by atoms with Crippen LogP contribution in [0.3, 0.4) is 0 Å². The molecule has 2 aromatic rings. The summed E-state index contributed by atoms with van der Waals surface area (Å²) in [6, 6.07) is 16.2. The lowest BCUT2D eigenvalue weighted by Gasteiger charge is -2.35. The zero-order chi connectivity index (χ0) is 19.3. The molecule has 6 nitrogen and oxygen atoms in total. The van der Waals surface area contributed by atoms with Crippen LogP contribution >= 0.6 is 0 Å². The molecule has 28 heavy (non-hydrogen) atoms. The molecule has 1 saturated heterocycles. The zero-order valence-electron chi connectivity index (χ0n) is 16.3. The number of nitrogens with one attached hydrogen (secondary N) is 1. The van der Waals surface area contributed by atoms with Crippen molar-refractivity contribution in [2.45, 2.75) is 19.6 Å². The van der Waals surface area contributed by atoms with Gasteiger partial charge in [0.15, 0.2) is 17.6 Å². The molecule has 2 aliphatic rings. The van der Waals surface area contributed by atoms with Gasteiger partial charge in [0, 0.05) is 32.7 Å². The summed E-state index contributed by atoms with van der Waals surface area (Å²) in [5.74, 6) is 1.49. The molecular formula is C22H27N3O3. The molecule has 1 atom stereocenters. The predicted octanol–water partition coefficient (Wildman–Crippen LogP) is 2.66. The van der Waals surface area contributed by atoms with Gasteiger partial charge in [0.1, 0.15) is 6.61 Å². The van der Waals surface area contributed by atoms with E-state index in [1.807, 2.05) is 29.2 Å². The number of aryl methyl sites for hydroxylation is 1. The summed E-state index contributed by atoms with van der Waals surface area (Å²) in [7, 11) is 0. The molecule has 0 radical (unpaired) electrons. The summed E-state index contributed by atoms with van der Waals surface area (Å²) in [6.07, 6.45) is -0.165. The van der Waals surface area contributed by atoms with Crippen LogP contribution in [-0.4, -0.2) is 61.3 Å². The average molecular weight is 381 g/mol. The standard InChI is InChI=1S/C22H27N3O3/c1-17-5-4-6-18(13-17)15-24-9-11-25(12-10-24)22(26)23-14-19-16-27-20-7-2-3-8-21(20)28-19/h2-8,13,19H,9-12,14-16H2,1H3,(H,23,26). The van der Waals surface area contributed by atoms with E-state index in [2.05, 4.69) is 41.4 Å². The molecule has 6 heteroatoms. The molecule has 4 rings (SSSR count). The number of ether oxygens (including phenoxy) is 2. The van der Waals surface area contributed by atoms with Gasteiger partial charge in [-0.15, -0.1) is 0 Å². The lowest BCUT2D eigenvalue weighted by atomic mass is 10.1. The highest BCUT2D eigenvalue weighted by Gasteiger charge is 2.24. The topological polar surface area (TPSA) is 54.0 Å². The maximum absolute atomic E-state index is 12.5. The van der Waals surface area contributed by atoms with Crippen LogP contribution in [0.15, 0.2) is 48.5 Å². The van der Waals surface area contributed by atoms with E-state index in [1.54, 1.807) is 0 Å². The molecule has 0 aromatic heterocycles. The summed E-state index contributed by atoms with van der Waals surface area (Å²) in [4.78, 5) is 16.8. The second-order valence-corrected chi connectivity index (χ2v) is 7.44. The average Bonchev–Trinajstić information content (AvgIpc) is 2.72. The minimum Gasteiger partial charge on any atom is -0.486 e. The third kappa shape index (κ3) is 4.57. The Labute approximate surface area is 166 Å². The molecule has 148 valence electrons. The van der Waals surface area contributed by atoms with Crippen molar-refractivity contribution in [1.82, 2.24) is 15.1 Å². The minimum absolute atomic E-state index is 0.0299. The zero-order valence-corrected chi connectivity index (χ0v) is 16.3. The number of piperazine rings is 1. The Morgan fingerprint density at radius 3 is 2.64 bits per heavy atom. The van der Waals surface area contributed by atoms with Crippen molar-refractivity contribution in [1.29, 1.82) is 0 Å². The third-order valence-electron chi connectivity index (χ3n) is 5.20. The molecule has 1 unspecified atom stereocenters. The van der Waals surface area contributed by atoms with E-state index in [0.717, 1.165) is 44.2 Å². The fourth-order valence-corrected chi connectivity index (χ4v) is 3.65. The van der Waals surface area contributed by atoms with E-state index < -0.39 is 0 Å². The van der Waals surface area contributed by atoms with Gasteiger partial charge in [-0.05, 0) is 24.6 Å². The van der Waals surface area contributed by atoms with Crippen LogP contribution in [0.1, 0.15) is 11.1 Å². The first-order chi connectivity index (χ1) is 13.7. The van der Waals surface area contributed by atoms with Crippen LogP contribution < -0.4 is 14.8 Å². The number of para-hydroxylation sites is 2. The summed E-state index contributed by atoms with van der Waals surface area (Å²) in [5, 5.41) is 2.99. The Hall–Kier alpha value is -2.73. The first-order valence-electron chi connectivity index (χ1n) is 9.86. The first kappa shape index (κ1) is 18.6. The predicted molar refractivity (Wildman–Crippen MR) is 108 cm³/mol. The van der Waals surface area contributed by atoms with Crippen molar-refractivity contribution in [3.8, 4) is 11.5 Å². The quantitative estimate of drug-likeness (QED) is 0.885. The maximum Gasteiger partial charge on any atom is 0.317 e. The fourth-order valence-electron chi connectivity index (χ4n) is 3.65. The number of amides is 2. The van der Waals surface area contributed by atoms with Crippen molar-refractivity contribution < 1.29 is 14.3 Å². The molecule has 0 saturated carbocycles. The molecule has 1 N–H and O–H groups in total. The van der Waals surface area contributed by atoms with Gasteiger partial charge in [0.25, 0.3) is 0 Å². The van der Waals surface area contributed by atoms with Crippen molar-refractivity contribution >= 4 is 6.03 Å². The molecular weight excluding hydrogens is 354 g/mol. The van der Waals surface area contributed by atoms with E-state index in [9.17, 15) is 4.79 Å². The number of hydrogen-bond acceptors (Lipinski definition) is 4. The van der Waals surface area contributed by atoms with E-state index in [1.165, 1.54) is 11.1 Å². The number of carbonyl (C=O) groups excluding carboxylic acids is 1. The number of benzene rings is 2. The van der Waals surface area contributed by atoms with E-state index in [4.69, 9.17) is 9.47 Å². The van der Waals surface area contributed by atoms with Crippen LogP contribution in [0.5, 0.6) is 11.5 Å². The van der Waals surface area contributed by atoms with Crippen LogP contribution in [0.2, 0.25) is 0 Å². The number of hydrogen-bond donors (Lipinski definition) is 1. The largest absolute Gasteiger partial charge is 0.486 e. The molecule has 2 amide bonds. The van der Waals surface area contributed by atoms with E-state index >= 15 is 0 Å². The van der Waals surface area contributed by atoms with Gasteiger partial charge in [-0.3, -0.25) is 4.90 Å². The highest BCUT2D eigenvalue weighted by atomic mass is 16.6. The summed E-state index contributed by atoms with van der Waals surface area (Å²) >= 11 is 0. The van der Waals surface area contributed by atoms with Crippen LogP contribution in [-0.2, 0) is 6.54 Å². The number of carbonyl (C=O) groups is 1. The second kappa shape index (κ2) is 8.52. The number of rotatable bonds is 4. The molecule has 0 aliphatic carbocycles. The van der Waals surface area contributed by atoms with Gasteiger partial charge in [-0.25, -0.2) is 4.79 Å². The van der Waals surface area contributed by atoms with Crippen molar-refractivity contribution in [2.75, 3.05) is 39.3 Å². The Balaban J connectivity index is 1.20. The normalized spacial score (nSPS) is 19.3. The van der Waals surface area contributed by atoms with Crippen molar-refractivity contribution in [2.24, 2.45) is 0 Å². The lowest BCUT2D eigenvalue weighted by Crippen LogP contribution is -2.53. The van der Waals surface area contributed by atoms with Crippen molar-refractivity contribution in [3.05, 3.63) is 59.7 Å². The summed E-state index contributed by atoms with van der Waals surface area (Å²) < 4.78 is 11.6. The Morgan fingerprint density at radius 1 is 1.07 bits per heavy atom. The monoisotopic (exact) mass is 381 g/mol. The summed E-state index contributed by atoms with van der Waals surface area (Å²) in [6.45, 7) is 7.19.